The summed E-state index contributed by atoms with van der Waals surface area (Å²) >= 11 is 0. The molecule has 1 heterocycles. The van der Waals surface area contributed by atoms with Gasteiger partial charge >= 0.3 is 0 Å². The minimum Gasteiger partial charge on any atom is -0.414 e. The van der Waals surface area contributed by atoms with Crippen LogP contribution in [0.2, 0.25) is 36.3 Å². The Bertz CT molecular complexity index is 410. The first-order valence-electron chi connectivity index (χ1n) is 9.20. The smallest absolute Gasteiger partial charge is 0.192 e. The Hall–Kier alpha value is 0.274. The molecule has 0 amide bonds. The van der Waals surface area contributed by atoms with Crippen molar-refractivity contribution in [3.05, 3.63) is 0 Å². The average Bonchev–Trinajstić information content (AvgIpc) is 2.37. The molecule has 1 aliphatic heterocycles. The average molecular weight is 377 g/mol. The van der Waals surface area contributed by atoms with Crippen LogP contribution in [0.3, 0.4) is 0 Å². The highest BCUT2D eigenvalue weighted by molar-refractivity contribution is 6.74. The van der Waals surface area contributed by atoms with Crippen LogP contribution in [0.5, 0.6) is 0 Å². The van der Waals surface area contributed by atoms with Gasteiger partial charge in [0.1, 0.15) is 12.2 Å². The van der Waals surface area contributed by atoms with Crippen molar-refractivity contribution in [2.24, 2.45) is 0 Å². The molecule has 0 aromatic heterocycles. The summed E-state index contributed by atoms with van der Waals surface area (Å²) < 4.78 is 18.5. The van der Waals surface area contributed by atoms with Gasteiger partial charge in [-0.1, -0.05) is 41.5 Å². The van der Waals surface area contributed by atoms with E-state index in [1.54, 1.807) is 0 Å². The summed E-state index contributed by atoms with van der Waals surface area (Å²) in [6.45, 7) is 23.3. The lowest BCUT2D eigenvalue weighted by atomic mass is 10.0. The first-order chi connectivity index (χ1) is 10.6. The Labute approximate surface area is 151 Å². The quantitative estimate of drug-likeness (QED) is 0.715. The third kappa shape index (κ3) is 5.38. The van der Waals surface area contributed by atoms with E-state index in [1.165, 1.54) is 0 Å². The second-order valence-corrected chi connectivity index (χ2v) is 19.7. The maximum atomic E-state index is 10.8. The molecule has 1 saturated heterocycles. The van der Waals surface area contributed by atoms with Gasteiger partial charge in [0.05, 0.1) is 12.7 Å². The van der Waals surface area contributed by atoms with Crippen molar-refractivity contribution < 1.29 is 18.7 Å². The second kappa shape index (κ2) is 7.49. The van der Waals surface area contributed by atoms with E-state index in [4.69, 9.17) is 13.6 Å². The number of aliphatic hydroxyl groups excluding tert-OH is 1. The Kier molecular flexibility index (Phi) is 6.96. The van der Waals surface area contributed by atoms with E-state index in [-0.39, 0.29) is 22.3 Å². The van der Waals surface area contributed by atoms with Crippen LogP contribution in [0, 0.1) is 0 Å². The normalized spacial score (nSPS) is 27.4. The predicted molar refractivity (Wildman–Crippen MR) is 106 cm³/mol. The van der Waals surface area contributed by atoms with Gasteiger partial charge in [-0.25, -0.2) is 0 Å². The van der Waals surface area contributed by atoms with Crippen molar-refractivity contribution in [1.29, 1.82) is 0 Å². The molecule has 0 radical (unpaired) electrons. The predicted octanol–water partition coefficient (Wildman–Crippen LogP) is 4.55. The van der Waals surface area contributed by atoms with Crippen molar-refractivity contribution in [1.82, 2.24) is 0 Å². The Morgan fingerprint density at radius 3 is 1.92 bits per heavy atom. The molecule has 0 bridgehead atoms. The van der Waals surface area contributed by atoms with E-state index in [0.717, 1.165) is 6.42 Å². The number of aliphatic hydroxyl groups is 1. The zero-order valence-electron chi connectivity index (χ0n) is 17.5. The van der Waals surface area contributed by atoms with E-state index < -0.39 is 22.7 Å². The van der Waals surface area contributed by atoms with Crippen LogP contribution < -0.4 is 0 Å². The molecule has 1 aliphatic rings. The third-order valence-electron chi connectivity index (χ3n) is 6.16. The molecular formula is C18H40O4Si2. The fourth-order valence-electron chi connectivity index (χ4n) is 2.18. The third-order valence-corrected chi connectivity index (χ3v) is 15.2. The lowest BCUT2D eigenvalue weighted by molar-refractivity contribution is -0.141. The van der Waals surface area contributed by atoms with Crippen molar-refractivity contribution in [3.63, 3.8) is 0 Å². The van der Waals surface area contributed by atoms with Gasteiger partial charge in [-0.2, -0.15) is 0 Å². The van der Waals surface area contributed by atoms with Gasteiger partial charge in [0.25, 0.3) is 0 Å². The van der Waals surface area contributed by atoms with Gasteiger partial charge in [-0.3, -0.25) is 0 Å². The SMILES string of the molecule is CC(C)(C)[Si](C)(C)OC[C@H]1OCC[C@@H](O[Si](C)(C)C(C)(C)C)[C@@H]1O. The monoisotopic (exact) mass is 376 g/mol. The molecule has 1 N–H and O–H groups in total. The standard InChI is InChI=1S/C18H40O4Si2/c1-17(2,3)23(7,8)21-13-15-16(19)14(11-12-20-15)22-24(9,10)18(4,5)6/h14-16,19H,11-13H2,1-10H3/t14-,15-,16+/m1/s1. The Morgan fingerprint density at radius 2 is 1.46 bits per heavy atom. The molecule has 0 unspecified atom stereocenters. The van der Waals surface area contributed by atoms with Crippen LogP contribution in [-0.4, -0.2) is 53.3 Å². The van der Waals surface area contributed by atoms with E-state index >= 15 is 0 Å². The molecule has 24 heavy (non-hydrogen) atoms. The van der Waals surface area contributed by atoms with Gasteiger partial charge in [0.2, 0.25) is 0 Å². The molecule has 0 aromatic carbocycles. The van der Waals surface area contributed by atoms with Gasteiger partial charge in [0.15, 0.2) is 16.6 Å². The molecule has 0 aliphatic carbocycles. The largest absolute Gasteiger partial charge is 0.414 e. The summed E-state index contributed by atoms with van der Waals surface area (Å²) in [6.07, 6.45) is -0.294. The van der Waals surface area contributed by atoms with E-state index in [0.29, 0.717) is 13.2 Å². The van der Waals surface area contributed by atoms with Gasteiger partial charge in [0, 0.05) is 6.61 Å². The first-order valence-corrected chi connectivity index (χ1v) is 15.0. The highest BCUT2D eigenvalue weighted by Gasteiger charge is 2.44. The van der Waals surface area contributed by atoms with Gasteiger partial charge < -0.3 is 18.7 Å². The number of hydrogen-bond acceptors (Lipinski definition) is 4. The highest BCUT2D eigenvalue weighted by atomic mass is 28.4. The lowest BCUT2D eigenvalue weighted by Gasteiger charge is -2.44. The molecule has 0 aromatic rings. The fourth-order valence-corrected chi connectivity index (χ4v) is 4.56. The molecule has 6 heteroatoms. The number of rotatable bonds is 5. The minimum atomic E-state index is -1.90. The maximum absolute atomic E-state index is 10.8. The fraction of sp³-hybridized carbons (Fsp3) is 1.00. The van der Waals surface area contributed by atoms with Gasteiger partial charge in [-0.05, 0) is 42.7 Å². The maximum Gasteiger partial charge on any atom is 0.192 e. The van der Waals surface area contributed by atoms with Crippen LogP contribution in [0.25, 0.3) is 0 Å². The van der Waals surface area contributed by atoms with E-state index in [2.05, 4.69) is 67.7 Å². The molecule has 1 fully saturated rings. The Morgan fingerprint density at radius 1 is 0.958 bits per heavy atom. The molecule has 3 atom stereocenters. The van der Waals surface area contributed by atoms with Crippen molar-refractivity contribution in [2.45, 2.75) is 103 Å². The van der Waals surface area contributed by atoms with E-state index in [1.807, 2.05) is 0 Å². The molecule has 1 rings (SSSR count). The summed E-state index contributed by atoms with van der Waals surface area (Å²) in [5.41, 5.74) is 0. The summed E-state index contributed by atoms with van der Waals surface area (Å²) in [5.74, 6) is 0. The van der Waals surface area contributed by atoms with E-state index in [9.17, 15) is 5.11 Å². The molecule has 4 nitrogen and oxygen atoms in total. The van der Waals surface area contributed by atoms with Crippen LogP contribution in [0.4, 0.5) is 0 Å². The summed E-state index contributed by atoms with van der Waals surface area (Å²) in [5, 5.41) is 11.1. The summed E-state index contributed by atoms with van der Waals surface area (Å²) in [7, 11) is -3.74. The van der Waals surface area contributed by atoms with Crippen LogP contribution in [0.1, 0.15) is 48.0 Å². The number of hydrogen-bond donors (Lipinski definition) is 1. The zero-order chi connectivity index (χ0) is 19.0. The molecule has 0 saturated carbocycles. The molecular weight excluding hydrogens is 336 g/mol. The summed E-state index contributed by atoms with van der Waals surface area (Å²) in [4.78, 5) is 0. The van der Waals surface area contributed by atoms with Crippen LogP contribution in [-0.2, 0) is 13.6 Å². The van der Waals surface area contributed by atoms with Crippen molar-refractivity contribution in [2.75, 3.05) is 13.2 Å². The van der Waals surface area contributed by atoms with Crippen LogP contribution in [0.15, 0.2) is 0 Å². The summed E-state index contributed by atoms with van der Waals surface area (Å²) in [6, 6.07) is 0. The zero-order valence-corrected chi connectivity index (χ0v) is 19.5. The van der Waals surface area contributed by atoms with Crippen molar-refractivity contribution in [3.8, 4) is 0 Å². The topological polar surface area (TPSA) is 47.9 Å². The number of ether oxygens (including phenoxy) is 1. The lowest BCUT2D eigenvalue weighted by Crippen LogP contribution is -2.55. The second-order valence-electron chi connectivity index (χ2n) is 10.2. The molecule has 144 valence electrons. The Balaban J connectivity index is 2.70. The van der Waals surface area contributed by atoms with Gasteiger partial charge in [-0.15, -0.1) is 0 Å². The van der Waals surface area contributed by atoms with Crippen LogP contribution >= 0.6 is 0 Å². The minimum absolute atomic E-state index is 0.137. The van der Waals surface area contributed by atoms with Crippen molar-refractivity contribution >= 4 is 16.6 Å². The highest BCUT2D eigenvalue weighted by Crippen LogP contribution is 2.39. The molecule has 0 spiro atoms. The first kappa shape index (κ1) is 22.3.